The van der Waals surface area contributed by atoms with Crippen molar-refractivity contribution in [2.45, 2.75) is 42.1 Å². The number of rotatable bonds is 1. The molecule has 0 aliphatic carbocycles. The fourth-order valence-electron chi connectivity index (χ4n) is 2.16. The SMILES string of the molecule is CC1(C)CC(O)(c2csc(S)c2)CCO1. The van der Waals surface area contributed by atoms with Crippen LogP contribution in [-0.2, 0) is 10.3 Å². The molecular formula is C11H16O2S2. The predicted molar refractivity (Wildman–Crippen MR) is 64.7 cm³/mol. The normalized spacial score (nSPS) is 30.4. The summed E-state index contributed by atoms with van der Waals surface area (Å²) in [5, 5.41) is 12.6. The minimum atomic E-state index is -0.737. The van der Waals surface area contributed by atoms with E-state index in [0.717, 1.165) is 9.77 Å². The molecule has 15 heavy (non-hydrogen) atoms. The zero-order valence-corrected chi connectivity index (χ0v) is 10.7. The van der Waals surface area contributed by atoms with Gasteiger partial charge in [0.05, 0.1) is 22.0 Å². The first-order valence-corrected chi connectivity index (χ1v) is 6.38. The first-order chi connectivity index (χ1) is 6.91. The highest BCUT2D eigenvalue weighted by molar-refractivity contribution is 7.82. The Bertz CT molecular complexity index is 359. The lowest BCUT2D eigenvalue weighted by Crippen LogP contribution is -2.43. The van der Waals surface area contributed by atoms with Crippen molar-refractivity contribution in [1.82, 2.24) is 0 Å². The molecule has 1 aliphatic rings. The average Bonchev–Trinajstić information content (AvgIpc) is 2.49. The van der Waals surface area contributed by atoms with E-state index in [0.29, 0.717) is 19.4 Å². The topological polar surface area (TPSA) is 29.5 Å². The van der Waals surface area contributed by atoms with E-state index in [4.69, 9.17) is 4.74 Å². The lowest BCUT2D eigenvalue weighted by molar-refractivity contribution is -0.148. The molecule has 2 nitrogen and oxygen atoms in total. The second kappa shape index (κ2) is 3.77. The van der Waals surface area contributed by atoms with Crippen LogP contribution in [0.3, 0.4) is 0 Å². The predicted octanol–water partition coefficient (Wildman–Crippen LogP) is 2.81. The van der Waals surface area contributed by atoms with Crippen molar-refractivity contribution in [3.05, 3.63) is 17.0 Å². The first kappa shape index (κ1) is 11.5. The van der Waals surface area contributed by atoms with Gasteiger partial charge in [0.15, 0.2) is 0 Å². The standard InChI is InChI=1S/C11H16O2S2/c1-10(2)7-11(12,3-4-13-10)8-5-9(14)15-6-8/h5-6,12,14H,3-4,7H2,1-2H3. The molecule has 0 radical (unpaired) electrons. The largest absolute Gasteiger partial charge is 0.385 e. The number of thiophene rings is 1. The fourth-order valence-corrected chi connectivity index (χ4v) is 3.18. The van der Waals surface area contributed by atoms with Crippen molar-refractivity contribution in [3.8, 4) is 0 Å². The van der Waals surface area contributed by atoms with Crippen molar-refractivity contribution in [1.29, 1.82) is 0 Å². The second-order valence-electron chi connectivity index (χ2n) is 4.74. The Hall–Kier alpha value is -0.0300. The number of thiol groups is 1. The Morgan fingerprint density at radius 3 is 2.80 bits per heavy atom. The van der Waals surface area contributed by atoms with Gasteiger partial charge < -0.3 is 9.84 Å². The maximum absolute atomic E-state index is 10.6. The summed E-state index contributed by atoms with van der Waals surface area (Å²) in [4.78, 5) is 0. The van der Waals surface area contributed by atoms with Gasteiger partial charge in [-0.15, -0.1) is 24.0 Å². The molecule has 4 heteroatoms. The van der Waals surface area contributed by atoms with Crippen molar-refractivity contribution in [2.24, 2.45) is 0 Å². The third kappa shape index (κ3) is 2.38. The van der Waals surface area contributed by atoms with E-state index in [9.17, 15) is 5.11 Å². The van der Waals surface area contributed by atoms with E-state index in [2.05, 4.69) is 12.6 Å². The van der Waals surface area contributed by atoms with E-state index in [1.807, 2.05) is 25.3 Å². The van der Waals surface area contributed by atoms with Crippen LogP contribution < -0.4 is 0 Å². The molecule has 84 valence electrons. The van der Waals surface area contributed by atoms with Crippen LogP contribution in [0.4, 0.5) is 0 Å². The van der Waals surface area contributed by atoms with Crippen molar-refractivity contribution >= 4 is 24.0 Å². The monoisotopic (exact) mass is 244 g/mol. The quantitative estimate of drug-likeness (QED) is 0.744. The van der Waals surface area contributed by atoms with Gasteiger partial charge in [-0.05, 0) is 30.9 Å². The molecule has 1 unspecified atom stereocenters. The maximum atomic E-state index is 10.6. The molecule has 2 rings (SSSR count). The average molecular weight is 244 g/mol. The minimum Gasteiger partial charge on any atom is -0.385 e. The molecule has 0 saturated carbocycles. The Morgan fingerprint density at radius 2 is 2.27 bits per heavy atom. The Kier molecular flexibility index (Phi) is 2.88. The van der Waals surface area contributed by atoms with E-state index in [1.54, 1.807) is 11.3 Å². The van der Waals surface area contributed by atoms with Crippen LogP contribution in [0.15, 0.2) is 15.7 Å². The van der Waals surface area contributed by atoms with E-state index < -0.39 is 5.60 Å². The molecule has 1 aromatic rings. The summed E-state index contributed by atoms with van der Waals surface area (Å²) in [6, 6.07) is 1.95. The highest BCUT2D eigenvalue weighted by Gasteiger charge is 2.40. The highest BCUT2D eigenvalue weighted by Crippen LogP contribution is 2.41. The number of ether oxygens (including phenoxy) is 1. The summed E-state index contributed by atoms with van der Waals surface area (Å²) < 4.78 is 6.56. The molecule has 1 aromatic heterocycles. The molecular weight excluding hydrogens is 228 g/mol. The van der Waals surface area contributed by atoms with Crippen LogP contribution in [0.1, 0.15) is 32.3 Å². The summed E-state index contributed by atoms with van der Waals surface area (Å²) in [7, 11) is 0. The summed E-state index contributed by atoms with van der Waals surface area (Å²) in [5.74, 6) is 0. The van der Waals surface area contributed by atoms with Crippen LogP contribution in [-0.4, -0.2) is 17.3 Å². The second-order valence-corrected chi connectivity index (χ2v) is 6.44. The molecule has 0 amide bonds. The van der Waals surface area contributed by atoms with Gasteiger partial charge in [-0.3, -0.25) is 0 Å². The van der Waals surface area contributed by atoms with Crippen molar-refractivity contribution in [2.75, 3.05) is 6.61 Å². The summed E-state index contributed by atoms with van der Waals surface area (Å²) in [6.07, 6.45) is 1.31. The fraction of sp³-hybridized carbons (Fsp3) is 0.636. The van der Waals surface area contributed by atoms with Crippen LogP contribution >= 0.6 is 24.0 Å². The molecule has 0 aromatic carbocycles. The lowest BCUT2D eigenvalue weighted by Gasteiger charge is -2.41. The molecule has 0 bridgehead atoms. The van der Waals surface area contributed by atoms with Gasteiger partial charge in [-0.2, -0.15) is 0 Å². The van der Waals surface area contributed by atoms with Crippen molar-refractivity contribution < 1.29 is 9.84 Å². The third-order valence-corrected chi connectivity index (χ3v) is 4.03. The Morgan fingerprint density at radius 1 is 1.53 bits per heavy atom. The molecule has 1 aliphatic heterocycles. The number of hydrogen-bond acceptors (Lipinski definition) is 4. The third-order valence-electron chi connectivity index (χ3n) is 2.85. The maximum Gasteiger partial charge on any atom is 0.0954 e. The molecule has 1 N–H and O–H groups in total. The van der Waals surface area contributed by atoms with Gasteiger partial charge >= 0.3 is 0 Å². The lowest BCUT2D eigenvalue weighted by atomic mass is 9.80. The van der Waals surface area contributed by atoms with Crippen molar-refractivity contribution in [3.63, 3.8) is 0 Å². The highest BCUT2D eigenvalue weighted by atomic mass is 32.2. The van der Waals surface area contributed by atoms with E-state index in [-0.39, 0.29) is 5.60 Å². The number of aliphatic hydroxyl groups is 1. The Labute approximate surface area is 99.7 Å². The zero-order chi connectivity index (χ0) is 11.1. The summed E-state index contributed by atoms with van der Waals surface area (Å²) in [6.45, 7) is 4.65. The molecule has 0 spiro atoms. The van der Waals surface area contributed by atoms with Crippen LogP contribution in [0.25, 0.3) is 0 Å². The van der Waals surface area contributed by atoms with Gasteiger partial charge in [0.1, 0.15) is 0 Å². The van der Waals surface area contributed by atoms with Gasteiger partial charge in [-0.25, -0.2) is 0 Å². The first-order valence-electron chi connectivity index (χ1n) is 5.06. The van der Waals surface area contributed by atoms with E-state index in [1.165, 1.54) is 0 Å². The van der Waals surface area contributed by atoms with Gasteiger partial charge in [-0.1, -0.05) is 0 Å². The summed E-state index contributed by atoms with van der Waals surface area (Å²) in [5.41, 5.74) is -0.000782. The van der Waals surface area contributed by atoms with Crippen LogP contribution in [0, 0.1) is 0 Å². The molecule has 2 heterocycles. The minimum absolute atomic E-state index is 0.244. The van der Waals surface area contributed by atoms with Gasteiger partial charge in [0.2, 0.25) is 0 Å². The smallest absolute Gasteiger partial charge is 0.0954 e. The number of hydrogen-bond donors (Lipinski definition) is 2. The van der Waals surface area contributed by atoms with Gasteiger partial charge in [0.25, 0.3) is 0 Å². The molecule has 1 saturated heterocycles. The van der Waals surface area contributed by atoms with Crippen LogP contribution in [0.2, 0.25) is 0 Å². The molecule has 1 fully saturated rings. The summed E-state index contributed by atoms with van der Waals surface area (Å²) >= 11 is 5.84. The Balaban J connectivity index is 2.26. The van der Waals surface area contributed by atoms with Crippen LogP contribution in [0.5, 0.6) is 0 Å². The zero-order valence-electron chi connectivity index (χ0n) is 8.99. The van der Waals surface area contributed by atoms with E-state index >= 15 is 0 Å². The van der Waals surface area contributed by atoms with Gasteiger partial charge in [0, 0.05) is 12.8 Å². The molecule has 1 atom stereocenters.